The van der Waals surface area contributed by atoms with Crippen LogP contribution in [-0.2, 0) is 26.2 Å². The lowest BCUT2D eigenvalue weighted by Gasteiger charge is -2.33. The van der Waals surface area contributed by atoms with E-state index >= 15 is 0 Å². The molecule has 0 radical (unpaired) electrons. The van der Waals surface area contributed by atoms with Crippen LogP contribution in [0.3, 0.4) is 0 Å². The SMILES string of the molecule is CCOc1ccc(N(CC(=O)N(Cc2cccc(C)c2)[C@@H](CC)C(=O)NC(C)C)S(=O)(=O)c2ccc(SC)cc2)cc1. The molecule has 0 aliphatic heterocycles. The number of nitrogens with one attached hydrogen (secondary N) is 1. The number of aryl methyl sites for hydroxylation is 1. The smallest absolute Gasteiger partial charge is 0.264 e. The van der Waals surface area contributed by atoms with Gasteiger partial charge in [-0.25, -0.2) is 8.42 Å². The number of amides is 2. The van der Waals surface area contributed by atoms with E-state index in [1.807, 2.05) is 65.1 Å². The van der Waals surface area contributed by atoms with Crippen LogP contribution in [0.4, 0.5) is 5.69 Å². The topological polar surface area (TPSA) is 96.0 Å². The predicted octanol–water partition coefficient (Wildman–Crippen LogP) is 5.64. The van der Waals surface area contributed by atoms with E-state index < -0.39 is 28.5 Å². The molecule has 0 aromatic heterocycles. The van der Waals surface area contributed by atoms with Crippen molar-refractivity contribution in [1.82, 2.24) is 10.2 Å². The summed E-state index contributed by atoms with van der Waals surface area (Å²) in [6, 6.07) is 20.0. The second kappa shape index (κ2) is 15.1. The van der Waals surface area contributed by atoms with Gasteiger partial charge in [-0.3, -0.25) is 13.9 Å². The number of sulfonamides is 1. The first-order valence-electron chi connectivity index (χ1n) is 14.0. The minimum atomic E-state index is -4.15. The summed E-state index contributed by atoms with van der Waals surface area (Å²) in [5.41, 5.74) is 2.19. The second-order valence-electron chi connectivity index (χ2n) is 10.2. The van der Waals surface area contributed by atoms with E-state index in [1.54, 1.807) is 48.5 Å². The molecule has 0 bridgehead atoms. The lowest BCUT2D eigenvalue weighted by molar-refractivity contribution is -0.140. The van der Waals surface area contributed by atoms with Crippen molar-refractivity contribution < 1.29 is 22.7 Å². The molecular weight excluding hydrogens is 571 g/mol. The summed E-state index contributed by atoms with van der Waals surface area (Å²) in [5.74, 6) is -0.177. The Bertz CT molecular complexity index is 1440. The summed E-state index contributed by atoms with van der Waals surface area (Å²) >= 11 is 1.51. The van der Waals surface area contributed by atoms with Gasteiger partial charge in [0.2, 0.25) is 11.8 Å². The van der Waals surface area contributed by atoms with Gasteiger partial charge in [0.05, 0.1) is 17.2 Å². The highest BCUT2D eigenvalue weighted by Crippen LogP contribution is 2.28. The summed E-state index contributed by atoms with van der Waals surface area (Å²) in [4.78, 5) is 29.9. The standard InChI is InChI=1S/C32H41N3O5S2/c1-7-30(32(37)33-23(3)4)34(21-25-11-9-10-24(5)20-25)31(36)22-35(26-12-14-27(15-13-26)40-8-2)42(38,39)29-18-16-28(41-6)17-19-29/h9-20,23,30H,7-8,21-22H2,1-6H3,(H,33,37)/t30-/m0/s1. The zero-order valence-corrected chi connectivity index (χ0v) is 26.8. The van der Waals surface area contributed by atoms with Crippen LogP contribution >= 0.6 is 11.8 Å². The van der Waals surface area contributed by atoms with E-state index in [-0.39, 0.29) is 23.4 Å². The molecule has 0 fully saturated rings. The second-order valence-corrected chi connectivity index (χ2v) is 13.0. The van der Waals surface area contributed by atoms with Crippen LogP contribution in [-0.4, -0.2) is 56.6 Å². The number of carbonyl (C=O) groups excluding carboxylic acids is 2. The lowest BCUT2D eigenvalue weighted by Crippen LogP contribution is -2.53. The molecule has 3 aromatic carbocycles. The molecule has 226 valence electrons. The van der Waals surface area contributed by atoms with Gasteiger partial charge < -0.3 is 15.0 Å². The highest BCUT2D eigenvalue weighted by molar-refractivity contribution is 7.98. The molecule has 0 saturated carbocycles. The van der Waals surface area contributed by atoms with E-state index in [0.29, 0.717) is 24.5 Å². The number of nitrogens with zero attached hydrogens (tertiary/aromatic N) is 2. The minimum absolute atomic E-state index is 0.0665. The molecule has 2 amide bonds. The summed E-state index contributed by atoms with van der Waals surface area (Å²) in [6.07, 6.45) is 2.28. The molecule has 0 aliphatic carbocycles. The van der Waals surface area contributed by atoms with Gasteiger partial charge in [0.25, 0.3) is 10.0 Å². The van der Waals surface area contributed by atoms with Crippen LogP contribution in [0.15, 0.2) is 82.6 Å². The van der Waals surface area contributed by atoms with Crippen LogP contribution in [0.2, 0.25) is 0 Å². The number of ether oxygens (including phenoxy) is 1. The molecule has 0 heterocycles. The van der Waals surface area contributed by atoms with E-state index in [4.69, 9.17) is 4.74 Å². The monoisotopic (exact) mass is 611 g/mol. The highest BCUT2D eigenvalue weighted by atomic mass is 32.2. The van der Waals surface area contributed by atoms with Crippen LogP contribution < -0.4 is 14.4 Å². The number of thioether (sulfide) groups is 1. The van der Waals surface area contributed by atoms with Crippen molar-refractivity contribution in [1.29, 1.82) is 0 Å². The van der Waals surface area contributed by atoms with E-state index in [2.05, 4.69) is 5.32 Å². The molecule has 0 unspecified atom stereocenters. The van der Waals surface area contributed by atoms with Crippen LogP contribution in [0.5, 0.6) is 5.75 Å². The van der Waals surface area contributed by atoms with Gasteiger partial charge in [-0.15, -0.1) is 11.8 Å². The molecule has 8 nitrogen and oxygen atoms in total. The largest absolute Gasteiger partial charge is 0.494 e. The third-order valence-electron chi connectivity index (χ3n) is 6.61. The van der Waals surface area contributed by atoms with Gasteiger partial charge >= 0.3 is 0 Å². The first-order chi connectivity index (χ1) is 20.0. The fraction of sp³-hybridized carbons (Fsp3) is 0.375. The Hall–Kier alpha value is -3.50. The van der Waals surface area contributed by atoms with Crippen molar-refractivity contribution in [3.63, 3.8) is 0 Å². The van der Waals surface area contributed by atoms with Gasteiger partial charge in [-0.1, -0.05) is 36.8 Å². The summed E-state index contributed by atoms with van der Waals surface area (Å²) in [7, 11) is -4.15. The molecule has 3 rings (SSSR count). The Morgan fingerprint density at radius 1 is 0.976 bits per heavy atom. The summed E-state index contributed by atoms with van der Waals surface area (Å²) in [5, 5.41) is 2.92. The lowest BCUT2D eigenvalue weighted by atomic mass is 10.1. The van der Waals surface area contributed by atoms with Crippen molar-refractivity contribution in [2.45, 2.75) is 69.5 Å². The molecule has 1 N–H and O–H groups in total. The third-order valence-corrected chi connectivity index (χ3v) is 9.15. The molecule has 3 aromatic rings. The molecular formula is C32H41N3O5S2. The number of anilines is 1. The van der Waals surface area contributed by atoms with Crippen LogP contribution in [0.25, 0.3) is 0 Å². The number of carbonyl (C=O) groups is 2. The molecule has 0 spiro atoms. The van der Waals surface area contributed by atoms with Gasteiger partial charge in [0.1, 0.15) is 18.3 Å². The molecule has 0 aliphatic rings. The maximum absolute atomic E-state index is 14.2. The van der Waals surface area contributed by atoms with Gasteiger partial charge in [-0.05, 0) is 94.5 Å². The van der Waals surface area contributed by atoms with E-state index in [0.717, 1.165) is 20.3 Å². The van der Waals surface area contributed by atoms with Crippen molar-refractivity contribution in [3.8, 4) is 5.75 Å². The maximum atomic E-state index is 14.2. The van der Waals surface area contributed by atoms with Crippen molar-refractivity contribution in [2.24, 2.45) is 0 Å². The zero-order chi connectivity index (χ0) is 30.9. The van der Waals surface area contributed by atoms with Crippen LogP contribution in [0, 0.1) is 6.92 Å². The number of hydrogen-bond acceptors (Lipinski definition) is 6. The van der Waals surface area contributed by atoms with Crippen molar-refractivity contribution in [3.05, 3.63) is 83.9 Å². The Morgan fingerprint density at radius 3 is 2.19 bits per heavy atom. The Morgan fingerprint density at radius 2 is 1.64 bits per heavy atom. The quantitative estimate of drug-likeness (QED) is 0.237. The molecule has 0 saturated heterocycles. The Kier molecular flexibility index (Phi) is 11.9. The fourth-order valence-electron chi connectivity index (χ4n) is 4.59. The molecule has 42 heavy (non-hydrogen) atoms. The third kappa shape index (κ3) is 8.51. The summed E-state index contributed by atoms with van der Waals surface area (Å²) < 4.78 is 34.8. The van der Waals surface area contributed by atoms with E-state index in [1.165, 1.54) is 16.7 Å². The van der Waals surface area contributed by atoms with Crippen molar-refractivity contribution >= 4 is 39.3 Å². The fourth-order valence-corrected chi connectivity index (χ4v) is 6.41. The number of benzene rings is 3. The Labute approximate surface area is 254 Å². The normalized spacial score (nSPS) is 12.1. The Balaban J connectivity index is 2.07. The first-order valence-corrected chi connectivity index (χ1v) is 16.7. The molecule has 10 heteroatoms. The van der Waals surface area contributed by atoms with Gasteiger partial charge in [0, 0.05) is 17.5 Å². The minimum Gasteiger partial charge on any atom is -0.494 e. The first kappa shape index (κ1) is 33.0. The van der Waals surface area contributed by atoms with E-state index in [9.17, 15) is 18.0 Å². The van der Waals surface area contributed by atoms with Crippen LogP contribution in [0.1, 0.15) is 45.2 Å². The average molecular weight is 612 g/mol. The van der Waals surface area contributed by atoms with Crippen molar-refractivity contribution in [2.75, 3.05) is 23.7 Å². The maximum Gasteiger partial charge on any atom is 0.264 e. The predicted molar refractivity (Wildman–Crippen MR) is 169 cm³/mol. The van der Waals surface area contributed by atoms with Gasteiger partial charge in [0.15, 0.2) is 0 Å². The average Bonchev–Trinajstić information content (AvgIpc) is 2.96. The highest BCUT2D eigenvalue weighted by Gasteiger charge is 2.34. The number of rotatable bonds is 14. The summed E-state index contributed by atoms with van der Waals surface area (Å²) in [6.45, 7) is 9.52. The van der Waals surface area contributed by atoms with Gasteiger partial charge in [-0.2, -0.15) is 0 Å². The zero-order valence-electron chi connectivity index (χ0n) is 25.2. The molecule has 1 atom stereocenters. The number of hydrogen-bond donors (Lipinski definition) is 1.